The molecule has 1 unspecified atom stereocenters. The Morgan fingerprint density at radius 1 is 1.40 bits per heavy atom. The molecule has 110 valence electrons. The molecule has 0 aliphatic carbocycles. The summed E-state index contributed by atoms with van der Waals surface area (Å²) in [6, 6.07) is 4.57. The van der Waals surface area contributed by atoms with Crippen molar-refractivity contribution in [2.24, 2.45) is 0 Å². The first-order valence-corrected chi connectivity index (χ1v) is 6.95. The molecule has 0 saturated heterocycles. The number of imidazole rings is 1. The number of fused-ring (bicyclic) bond motifs is 1. The fourth-order valence-corrected chi connectivity index (χ4v) is 2.38. The molecule has 2 rings (SSSR count). The summed E-state index contributed by atoms with van der Waals surface area (Å²) in [4.78, 5) is 4.51. The van der Waals surface area contributed by atoms with Crippen molar-refractivity contribution >= 4 is 22.6 Å². The average molecular weight is 301 g/mol. The Hall–Kier alpha value is -1.17. The van der Waals surface area contributed by atoms with Gasteiger partial charge in [0.15, 0.2) is 0 Å². The van der Waals surface area contributed by atoms with E-state index in [-0.39, 0.29) is 11.9 Å². The summed E-state index contributed by atoms with van der Waals surface area (Å²) < 4.78 is 25.9. The highest BCUT2D eigenvalue weighted by Crippen LogP contribution is 2.19. The lowest BCUT2D eigenvalue weighted by atomic mass is 10.3. The summed E-state index contributed by atoms with van der Waals surface area (Å²) in [5.74, 6) is 1.02. The molecule has 0 amide bonds. The van der Waals surface area contributed by atoms with Gasteiger partial charge in [0, 0.05) is 26.5 Å². The van der Waals surface area contributed by atoms with Crippen LogP contribution in [-0.2, 0) is 22.4 Å². The SMILES string of the molecule is COCC(Cn1c(CCCl)nc2ccc(F)cc21)OC. The molecule has 0 fully saturated rings. The van der Waals surface area contributed by atoms with E-state index in [2.05, 4.69) is 4.98 Å². The fourth-order valence-electron chi connectivity index (χ4n) is 2.21. The number of ether oxygens (including phenoxy) is 2. The van der Waals surface area contributed by atoms with Gasteiger partial charge in [-0.25, -0.2) is 9.37 Å². The zero-order valence-corrected chi connectivity index (χ0v) is 12.4. The van der Waals surface area contributed by atoms with Crippen LogP contribution in [0.25, 0.3) is 11.0 Å². The first-order valence-electron chi connectivity index (χ1n) is 6.42. The van der Waals surface area contributed by atoms with Crippen molar-refractivity contribution in [3.05, 3.63) is 29.8 Å². The highest BCUT2D eigenvalue weighted by molar-refractivity contribution is 6.17. The standard InChI is InChI=1S/C14H18ClFN2O2/c1-19-9-11(20-2)8-18-13-7-10(16)3-4-12(13)17-14(18)5-6-15/h3-4,7,11H,5-6,8-9H2,1-2H3. The number of nitrogens with zero attached hydrogens (tertiary/aromatic N) is 2. The highest BCUT2D eigenvalue weighted by Gasteiger charge is 2.15. The number of aryl methyl sites for hydroxylation is 1. The Balaban J connectivity index is 2.41. The van der Waals surface area contributed by atoms with Gasteiger partial charge in [-0.2, -0.15) is 0 Å². The first-order chi connectivity index (χ1) is 9.69. The van der Waals surface area contributed by atoms with E-state index in [1.807, 2.05) is 4.57 Å². The summed E-state index contributed by atoms with van der Waals surface area (Å²) in [6.07, 6.45) is 0.510. The van der Waals surface area contributed by atoms with Gasteiger partial charge in [-0.3, -0.25) is 0 Å². The molecule has 2 aromatic rings. The first kappa shape index (κ1) is 15.2. The normalized spacial score (nSPS) is 13.0. The van der Waals surface area contributed by atoms with Gasteiger partial charge >= 0.3 is 0 Å². The van der Waals surface area contributed by atoms with Crippen molar-refractivity contribution in [2.45, 2.75) is 19.1 Å². The van der Waals surface area contributed by atoms with Crippen molar-refractivity contribution in [1.29, 1.82) is 0 Å². The molecule has 0 saturated carbocycles. The molecule has 0 bridgehead atoms. The van der Waals surface area contributed by atoms with Crippen LogP contribution in [0.4, 0.5) is 4.39 Å². The quantitative estimate of drug-likeness (QED) is 0.738. The Labute approximate surface area is 122 Å². The molecule has 0 N–H and O–H groups in total. The number of methoxy groups -OCH3 is 2. The number of hydrogen-bond acceptors (Lipinski definition) is 3. The minimum Gasteiger partial charge on any atom is -0.382 e. The van der Waals surface area contributed by atoms with Crippen LogP contribution in [0.2, 0.25) is 0 Å². The van der Waals surface area contributed by atoms with E-state index in [1.165, 1.54) is 12.1 Å². The van der Waals surface area contributed by atoms with Crippen LogP contribution in [-0.4, -0.2) is 42.4 Å². The van der Waals surface area contributed by atoms with E-state index in [4.69, 9.17) is 21.1 Å². The van der Waals surface area contributed by atoms with Gasteiger partial charge in [0.1, 0.15) is 11.6 Å². The number of alkyl halides is 1. The smallest absolute Gasteiger partial charge is 0.125 e. The van der Waals surface area contributed by atoms with Gasteiger partial charge in [0.2, 0.25) is 0 Å². The van der Waals surface area contributed by atoms with E-state index in [0.717, 1.165) is 16.9 Å². The molecule has 0 radical (unpaired) electrons. The van der Waals surface area contributed by atoms with Gasteiger partial charge in [0.25, 0.3) is 0 Å². The molecule has 20 heavy (non-hydrogen) atoms. The van der Waals surface area contributed by atoms with Crippen LogP contribution < -0.4 is 0 Å². The van der Waals surface area contributed by atoms with Gasteiger partial charge in [-0.15, -0.1) is 11.6 Å². The second kappa shape index (κ2) is 7.02. The number of aromatic nitrogens is 2. The molecule has 0 aliphatic rings. The Kier molecular flexibility index (Phi) is 5.34. The highest BCUT2D eigenvalue weighted by atomic mass is 35.5. The summed E-state index contributed by atoms with van der Waals surface area (Å²) >= 11 is 5.82. The summed E-state index contributed by atoms with van der Waals surface area (Å²) in [7, 11) is 3.25. The van der Waals surface area contributed by atoms with Crippen LogP contribution in [0.1, 0.15) is 5.82 Å². The van der Waals surface area contributed by atoms with Crippen LogP contribution >= 0.6 is 11.6 Å². The molecule has 4 nitrogen and oxygen atoms in total. The summed E-state index contributed by atoms with van der Waals surface area (Å²) in [5, 5.41) is 0. The van der Waals surface area contributed by atoms with Crippen LogP contribution in [0.15, 0.2) is 18.2 Å². The van der Waals surface area contributed by atoms with Crippen molar-refractivity contribution in [2.75, 3.05) is 26.7 Å². The number of halogens is 2. The van der Waals surface area contributed by atoms with Gasteiger partial charge in [-0.05, 0) is 18.2 Å². The van der Waals surface area contributed by atoms with Gasteiger partial charge in [0.05, 0.1) is 30.3 Å². The lowest BCUT2D eigenvalue weighted by Gasteiger charge is -2.17. The molecular formula is C14H18ClFN2O2. The van der Waals surface area contributed by atoms with Crippen molar-refractivity contribution in [1.82, 2.24) is 9.55 Å². The second-order valence-electron chi connectivity index (χ2n) is 4.52. The van der Waals surface area contributed by atoms with E-state index < -0.39 is 0 Å². The average Bonchev–Trinajstić information content (AvgIpc) is 2.76. The molecule has 0 aliphatic heterocycles. The predicted octanol–water partition coefficient (Wildman–Crippen LogP) is 2.62. The third-order valence-electron chi connectivity index (χ3n) is 3.18. The Bertz CT molecular complexity index is 574. The lowest BCUT2D eigenvalue weighted by Crippen LogP contribution is -2.25. The number of rotatable bonds is 7. The Morgan fingerprint density at radius 2 is 2.20 bits per heavy atom. The zero-order chi connectivity index (χ0) is 14.5. The lowest BCUT2D eigenvalue weighted by molar-refractivity contribution is 0.0186. The van der Waals surface area contributed by atoms with E-state index in [1.54, 1.807) is 20.3 Å². The van der Waals surface area contributed by atoms with Gasteiger partial charge in [-0.1, -0.05) is 0 Å². The zero-order valence-electron chi connectivity index (χ0n) is 11.6. The van der Waals surface area contributed by atoms with Crippen LogP contribution in [0, 0.1) is 5.82 Å². The summed E-state index contributed by atoms with van der Waals surface area (Å²) in [6.45, 7) is 1.02. The largest absolute Gasteiger partial charge is 0.382 e. The molecule has 1 heterocycles. The number of benzene rings is 1. The maximum atomic E-state index is 13.5. The molecular weight excluding hydrogens is 283 g/mol. The molecule has 1 aromatic heterocycles. The third kappa shape index (κ3) is 3.29. The monoisotopic (exact) mass is 300 g/mol. The van der Waals surface area contributed by atoms with Crippen LogP contribution in [0.5, 0.6) is 0 Å². The third-order valence-corrected chi connectivity index (χ3v) is 3.37. The van der Waals surface area contributed by atoms with Crippen molar-refractivity contribution in [3.63, 3.8) is 0 Å². The second-order valence-corrected chi connectivity index (χ2v) is 4.90. The maximum Gasteiger partial charge on any atom is 0.125 e. The molecule has 6 heteroatoms. The Morgan fingerprint density at radius 3 is 2.85 bits per heavy atom. The van der Waals surface area contributed by atoms with Crippen molar-refractivity contribution < 1.29 is 13.9 Å². The number of hydrogen-bond donors (Lipinski definition) is 0. The molecule has 0 spiro atoms. The fraction of sp³-hybridized carbons (Fsp3) is 0.500. The topological polar surface area (TPSA) is 36.3 Å². The van der Waals surface area contributed by atoms with Crippen LogP contribution in [0.3, 0.4) is 0 Å². The molecule has 1 atom stereocenters. The minimum absolute atomic E-state index is 0.116. The minimum atomic E-state index is -0.281. The predicted molar refractivity (Wildman–Crippen MR) is 76.8 cm³/mol. The molecule has 1 aromatic carbocycles. The van der Waals surface area contributed by atoms with E-state index in [9.17, 15) is 4.39 Å². The van der Waals surface area contributed by atoms with Crippen molar-refractivity contribution in [3.8, 4) is 0 Å². The maximum absolute atomic E-state index is 13.5. The van der Waals surface area contributed by atoms with Gasteiger partial charge < -0.3 is 14.0 Å². The van der Waals surface area contributed by atoms with E-state index >= 15 is 0 Å². The van der Waals surface area contributed by atoms with E-state index in [0.29, 0.717) is 25.5 Å². The summed E-state index contributed by atoms with van der Waals surface area (Å²) in [5.41, 5.74) is 1.52.